The summed E-state index contributed by atoms with van der Waals surface area (Å²) >= 11 is 0. The van der Waals surface area contributed by atoms with Gasteiger partial charge in [-0.2, -0.15) is 0 Å². The van der Waals surface area contributed by atoms with Gasteiger partial charge in [0.2, 0.25) is 0 Å². The highest BCUT2D eigenvalue weighted by molar-refractivity contribution is 6.08. The number of hydrogen-bond acceptors (Lipinski definition) is 6. The summed E-state index contributed by atoms with van der Waals surface area (Å²) in [5.74, 6) is -0.959. The van der Waals surface area contributed by atoms with Crippen molar-refractivity contribution in [3.05, 3.63) is 35.5 Å². The molecule has 0 fully saturated rings. The van der Waals surface area contributed by atoms with Crippen molar-refractivity contribution in [2.24, 2.45) is 0 Å². The maximum Gasteiger partial charge on any atom is 0.331 e. The Bertz CT molecular complexity index is 1150. The normalized spacial score (nSPS) is 10.9. The summed E-state index contributed by atoms with van der Waals surface area (Å²) in [6, 6.07) is 1.18. The van der Waals surface area contributed by atoms with E-state index in [0.717, 1.165) is 57.8 Å². The van der Waals surface area contributed by atoms with Crippen LogP contribution in [0.5, 0.6) is 0 Å². The smallest absolute Gasteiger partial charge is 0.331 e. The van der Waals surface area contributed by atoms with Crippen molar-refractivity contribution in [1.29, 1.82) is 0 Å². The summed E-state index contributed by atoms with van der Waals surface area (Å²) in [5, 5.41) is 25.9. The van der Waals surface area contributed by atoms with Crippen molar-refractivity contribution < 1.29 is 43.9 Å². The molecule has 0 atom stereocenters. The number of carboxylic acid groups (broad SMARTS) is 3. The number of ether oxygens (including phenoxy) is 3. The van der Waals surface area contributed by atoms with Gasteiger partial charge in [-0.05, 0) is 40.0 Å². The third-order valence-corrected chi connectivity index (χ3v) is 14.4. The van der Waals surface area contributed by atoms with Crippen LogP contribution in [0.3, 0.4) is 0 Å². The molecule has 0 saturated carbocycles. The van der Waals surface area contributed by atoms with Crippen LogP contribution in [0.4, 0.5) is 0 Å². The first kappa shape index (κ1) is 95.9. The number of hydrogen-bond donors (Lipinski definition) is 3. The summed E-state index contributed by atoms with van der Waals surface area (Å²) in [4.78, 5) is 31.5. The molecular formula is C75H151O9Si. The Balaban J connectivity index is -0.000000170. The van der Waals surface area contributed by atoms with Crippen LogP contribution in [-0.4, -0.2) is 63.3 Å². The maximum atomic E-state index is 10.5. The monoisotopic (exact) mass is 1220 g/mol. The number of rotatable bonds is 55. The van der Waals surface area contributed by atoms with Crippen LogP contribution in [0.25, 0.3) is 0 Å². The number of carboxylic acids is 3. The zero-order valence-electron chi connectivity index (χ0n) is 59.5. The third kappa shape index (κ3) is 113. The van der Waals surface area contributed by atoms with E-state index in [9.17, 15) is 14.4 Å². The van der Waals surface area contributed by atoms with E-state index in [0.29, 0.717) is 37.1 Å². The van der Waals surface area contributed by atoms with E-state index < -0.39 is 17.9 Å². The van der Waals surface area contributed by atoms with Crippen LogP contribution in [0.2, 0.25) is 6.04 Å². The number of unbranched alkanes of at least 4 members (excludes halogenated alkanes) is 39. The Kier molecular flexibility index (Phi) is 107. The Morgan fingerprint density at radius 3 is 0.518 bits per heavy atom. The van der Waals surface area contributed by atoms with Gasteiger partial charge in [-0.15, -0.1) is 0 Å². The molecule has 0 amide bonds. The SMILES string of the molecule is CCCCCCCC.CCCCCCCC.CCCCCCCC.CCCCCCCCC(=CC(=O)O)OCC.CCCCCCCCC(=CC(=O)O)OCC.CCCCCCCCC(=CC(=O)O)OCC.CCCCCCCCCCCC[Si]. The molecule has 0 saturated heterocycles. The van der Waals surface area contributed by atoms with Crippen LogP contribution in [0.15, 0.2) is 35.5 Å². The Morgan fingerprint density at radius 1 is 0.247 bits per heavy atom. The molecule has 3 radical (unpaired) electrons. The molecule has 9 nitrogen and oxygen atoms in total. The quantitative estimate of drug-likeness (QED) is 0.0235. The average molecular weight is 1230 g/mol. The van der Waals surface area contributed by atoms with E-state index in [1.807, 2.05) is 20.8 Å². The van der Waals surface area contributed by atoms with Crippen molar-refractivity contribution in [3.8, 4) is 0 Å². The van der Waals surface area contributed by atoms with Crippen molar-refractivity contribution in [1.82, 2.24) is 0 Å². The first-order valence-corrected chi connectivity index (χ1v) is 37.3. The molecule has 3 N–H and O–H groups in total. The van der Waals surface area contributed by atoms with Gasteiger partial charge < -0.3 is 29.5 Å². The predicted octanol–water partition coefficient (Wildman–Crippen LogP) is 25.8. The van der Waals surface area contributed by atoms with E-state index in [4.69, 9.17) is 29.5 Å². The largest absolute Gasteiger partial charge is 0.498 e. The first-order chi connectivity index (χ1) is 41.3. The van der Waals surface area contributed by atoms with Gasteiger partial charge >= 0.3 is 17.9 Å². The van der Waals surface area contributed by atoms with Crippen molar-refractivity contribution in [3.63, 3.8) is 0 Å². The van der Waals surface area contributed by atoms with Crippen molar-refractivity contribution >= 4 is 28.2 Å². The minimum absolute atomic E-state index is 0.537. The molecule has 0 aromatic rings. The topological polar surface area (TPSA) is 140 Å². The Labute approximate surface area is 535 Å². The van der Waals surface area contributed by atoms with E-state index in [2.05, 4.69) is 79.5 Å². The molecule has 0 spiro atoms. The molecule has 0 bridgehead atoms. The van der Waals surface area contributed by atoms with Crippen LogP contribution >= 0.6 is 0 Å². The number of carbonyl (C=O) groups is 3. The van der Waals surface area contributed by atoms with Gasteiger partial charge in [-0.1, -0.05) is 351 Å². The van der Waals surface area contributed by atoms with Crippen LogP contribution in [0.1, 0.15) is 405 Å². The van der Waals surface area contributed by atoms with E-state index >= 15 is 0 Å². The van der Waals surface area contributed by atoms with Crippen LogP contribution in [-0.2, 0) is 28.6 Å². The molecule has 0 unspecified atom stereocenters. The molecule has 85 heavy (non-hydrogen) atoms. The molecule has 0 aromatic heterocycles. The highest BCUT2D eigenvalue weighted by Crippen LogP contribution is 2.16. The van der Waals surface area contributed by atoms with Gasteiger partial charge in [0, 0.05) is 29.5 Å². The molecule has 0 heterocycles. The summed E-state index contributed by atoms with van der Waals surface area (Å²) in [6.45, 7) is 29.6. The predicted molar refractivity (Wildman–Crippen MR) is 376 cm³/mol. The molecule has 0 aliphatic carbocycles. The van der Waals surface area contributed by atoms with Crippen LogP contribution in [0, 0.1) is 0 Å². The van der Waals surface area contributed by atoms with Gasteiger partial charge in [-0.3, -0.25) is 0 Å². The van der Waals surface area contributed by atoms with E-state index in [1.54, 1.807) is 0 Å². The summed E-state index contributed by atoms with van der Waals surface area (Å²) < 4.78 is 15.8. The lowest BCUT2D eigenvalue weighted by atomic mass is 10.1. The van der Waals surface area contributed by atoms with Crippen molar-refractivity contribution in [2.75, 3.05) is 19.8 Å². The molecule has 0 rings (SSSR count). The zero-order valence-corrected chi connectivity index (χ0v) is 60.5. The molecular weight excluding hydrogens is 1070 g/mol. The molecule has 509 valence electrons. The van der Waals surface area contributed by atoms with E-state index in [1.165, 1.54) is 281 Å². The fourth-order valence-electron chi connectivity index (χ4n) is 8.94. The number of allylic oxidation sites excluding steroid dienone is 3. The second-order valence-corrected chi connectivity index (χ2v) is 23.4. The van der Waals surface area contributed by atoms with E-state index in [-0.39, 0.29) is 0 Å². The van der Waals surface area contributed by atoms with Gasteiger partial charge in [-0.25, -0.2) is 14.4 Å². The second-order valence-electron chi connectivity index (χ2n) is 22.9. The lowest BCUT2D eigenvalue weighted by Gasteiger charge is -2.07. The fraction of sp³-hybridized carbons (Fsp3) is 0.880. The van der Waals surface area contributed by atoms with Crippen molar-refractivity contribution in [2.45, 2.75) is 411 Å². The van der Waals surface area contributed by atoms with Gasteiger partial charge in [0.15, 0.2) is 0 Å². The fourth-order valence-corrected chi connectivity index (χ4v) is 9.19. The van der Waals surface area contributed by atoms with Gasteiger partial charge in [0.1, 0.15) is 17.3 Å². The molecule has 0 aromatic carbocycles. The highest BCUT2D eigenvalue weighted by Gasteiger charge is 2.04. The Hall–Kier alpha value is -2.75. The average Bonchev–Trinajstić information content (AvgIpc) is 3.48. The standard InChI is InChI=1S/3C13H24O3.C12H25Si.3C8H18/c3*1-3-5-6-7-8-9-10-12(16-4-2)11-13(14)15;1-2-3-4-5-6-7-8-9-10-11-12-13;3*1-3-5-7-8-6-4-2/h3*11H,3-10H2,1-2H3,(H,14,15);2-12H2,1H3;3*3-8H2,1-2H3. The Morgan fingerprint density at radius 2 is 0.388 bits per heavy atom. The molecule has 0 aliphatic rings. The maximum absolute atomic E-state index is 10.5. The minimum Gasteiger partial charge on any atom is -0.498 e. The summed E-state index contributed by atoms with van der Waals surface area (Å²) in [6.07, 6.45) is 67.3. The van der Waals surface area contributed by atoms with Crippen LogP contribution < -0.4 is 0 Å². The first-order valence-electron chi connectivity index (χ1n) is 36.6. The second kappa shape index (κ2) is 94.9. The molecule has 10 heteroatoms. The van der Waals surface area contributed by atoms with Gasteiger partial charge in [0.05, 0.1) is 38.0 Å². The third-order valence-electron chi connectivity index (χ3n) is 14.1. The lowest BCUT2D eigenvalue weighted by Crippen LogP contribution is -1.97. The minimum atomic E-state index is -0.922. The highest BCUT2D eigenvalue weighted by atomic mass is 28.1. The zero-order chi connectivity index (χ0) is 65.2. The lowest BCUT2D eigenvalue weighted by molar-refractivity contribution is -0.132. The number of aliphatic carboxylic acids is 3. The summed E-state index contributed by atoms with van der Waals surface area (Å²) in [7, 11) is 3.50. The molecule has 0 aliphatic heterocycles. The summed E-state index contributed by atoms with van der Waals surface area (Å²) in [5.41, 5.74) is 0. The van der Waals surface area contributed by atoms with Gasteiger partial charge in [0.25, 0.3) is 0 Å².